The van der Waals surface area contributed by atoms with E-state index in [1.165, 1.54) is 74.9 Å². The Morgan fingerprint density at radius 3 is 1.71 bits per heavy atom. The first-order valence-corrected chi connectivity index (χ1v) is 10.3. The van der Waals surface area contributed by atoms with Crippen molar-refractivity contribution in [3.05, 3.63) is 0 Å². The highest BCUT2D eigenvalue weighted by atomic mass is 32.2. The van der Waals surface area contributed by atoms with Crippen molar-refractivity contribution in [1.82, 2.24) is 9.62 Å². The van der Waals surface area contributed by atoms with Crippen molar-refractivity contribution in [1.29, 1.82) is 0 Å². The molecule has 1 aliphatic carbocycles. The molecule has 0 aromatic heterocycles. The molecule has 0 amide bonds. The first-order valence-electron chi connectivity index (χ1n) is 8.66. The maximum absolute atomic E-state index is 11.8. The summed E-state index contributed by atoms with van der Waals surface area (Å²) in [4.78, 5) is 0. The molecule has 0 spiro atoms. The summed E-state index contributed by atoms with van der Waals surface area (Å²) in [6.07, 6.45) is 14.5. The minimum atomic E-state index is -3.07. The molecule has 21 heavy (non-hydrogen) atoms. The fraction of sp³-hybridized carbons (Fsp3) is 1.00. The van der Waals surface area contributed by atoms with Crippen LogP contribution in [-0.2, 0) is 10.0 Å². The SMILES string of the molecule is CN(C)S(=O)(=O)CCNC1CCCCCCCCCCC1. The Hall–Kier alpha value is -0.130. The number of rotatable bonds is 5. The Labute approximate surface area is 131 Å². The Kier molecular flexibility index (Phi) is 9.52. The summed E-state index contributed by atoms with van der Waals surface area (Å²) in [5.74, 6) is 0.205. The zero-order chi connectivity index (χ0) is 15.6. The maximum Gasteiger partial charge on any atom is 0.214 e. The third kappa shape index (κ3) is 8.79. The second kappa shape index (κ2) is 10.6. The Morgan fingerprint density at radius 2 is 1.29 bits per heavy atom. The molecule has 0 radical (unpaired) electrons. The van der Waals surface area contributed by atoms with Gasteiger partial charge in [-0.2, -0.15) is 0 Å². The van der Waals surface area contributed by atoms with Crippen molar-refractivity contribution in [3.63, 3.8) is 0 Å². The highest BCUT2D eigenvalue weighted by Gasteiger charge is 2.15. The van der Waals surface area contributed by atoms with E-state index in [4.69, 9.17) is 0 Å². The van der Waals surface area contributed by atoms with Gasteiger partial charge in [-0.1, -0.05) is 57.8 Å². The molecule has 0 atom stereocenters. The summed E-state index contributed by atoms with van der Waals surface area (Å²) in [5, 5.41) is 3.48. The van der Waals surface area contributed by atoms with Crippen LogP contribution in [0.5, 0.6) is 0 Å². The van der Waals surface area contributed by atoms with Gasteiger partial charge in [-0.25, -0.2) is 12.7 Å². The molecule has 1 fully saturated rings. The Bertz CT molecular complexity index is 343. The molecule has 0 aliphatic heterocycles. The summed E-state index contributed by atoms with van der Waals surface area (Å²) in [7, 11) is 0.137. The molecule has 126 valence electrons. The highest BCUT2D eigenvalue weighted by molar-refractivity contribution is 7.89. The average molecular weight is 319 g/mol. The van der Waals surface area contributed by atoms with Crippen molar-refractivity contribution in [3.8, 4) is 0 Å². The van der Waals surface area contributed by atoms with Gasteiger partial charge in [-0.3, -0.25) is 0 Å². The maximum atomic E-state index is 11.8. The van der Waals surface area contributed by atoms with Gasteiger partial charge in [0.2, 0.25) is 10.0 Å². The molecular weight excluding hydrogens is 284 g/mol. The van der Waals surface area contributed by atoms with E-state index in [1.807, 2.05) is 0 Å². The molecule has 5 heteroatoms. The van der Waals surface area contributed by atoms with Crippen molar-refractivity contribution in [2.24, 2.45) is 0 Å². The fourth-order valence-electron chi connectivity index (χ4n) is 2.94. The van der Waals surface area contributed by atoms with E-state index < -0.39 is 10.0 Å². The van der Waals surface area contributed by atoms with E-state index in [0.29, 0.717) is 12.6 Å². The van der Waals surface area contributed by atoms with Crippen molar-refractivity contribution in [2.45, 2.75) is 76.7 Å². The smallest absolute Gasteiger partial charge is 0.214 e. The molecular formula is C16H34N2O2S. The van der Waals surface area contributed by atoms with Crippen LogP contribution in [0.15, 0.2) is 0 Å². The van der Waals surface area contributed by atoms with Crippen molar-refractivity contribution >= 4 is 10.0 Å². The lowest BCUT2D eigenvalue weighted by Crippen LogP contribution is -2.36. The van der Waals surface area contributed by atoms with E-state index >= 15 is 0 Å². The average Bonchev–Trinajstić information content (AvgIpc) is 2.41. The molecule has 0 heterocycles. The number of nitrogens with one attached hydrogen (secondary N) is 1. The van der Waals surface area contributed by atoms with E-state index in [1.54, 1.807) is 14.1 Å². The van der Waals surface area contributed by atoms with Gasteiger partial charge in [0, 0.05) is 26.7 Å². The molecule has 1 aliphatic rings. The van der Waals surface area contributed by atoms with E-state index in [-0.39, 0.29) is 5.75 Å². The number of hydrogen-bond donors (Lipinski definition) is 1. The molecule has 0 aromatic rings. The van der Waals surface area contributed by atoms with Gasteiger partial charge in [0.05, 0.1) is 5.75 Å². The Balaban J connectivity index is 2.31. The number of sulfonamides is 1. The van der Waals surface area contributed by atoms with Crippen molar-refractivity contribution < 1.29 is 8.42 Å². The minimum Gasteiger partial charge on any atom is -0.313 e. The third-order valence-electron chi connectivity index (χ3n) is 4.45. The lowest BCUT2D eigenvalue weighted by atomic mass is 9.98. The molecule has 0 saturated heterocycles. The fourth-order valence-corrected chi connectivity index (χ4v) is 3.68. The van der Waals surface area contributed by atoms with Crippen LogP contribution in [0.2, 0.25) is 0 Å². The van der Waals surface area contributed by atoms with Crippen LogP contribution in [0.4, 0.5) is 0 Å². The highest BCUT2D eigenvalue weighted by Crippen LogP contribution is 2.16. The molecule has 1 saturated carbocycles. The quantitative estimate of drug-likeness (QED) is 0.847. The van der Waals surface area contributed by atoms with Gasteiger partial charge in [0.25, 0.3) is 0 Å². The van der Waals surface area contributed by atoms with E-state index in [2.05, 4.69) is 5.32 Å². The van der Waals surface area contributed by atoms with Crippen LogP contribution in [0, 0.1) is 0 Å². The van der Waals surface area contributed by atoms with Gasteiger partial charge in [-0.15, -0.1) is 0 Å². The van der Waals surface area contributed by atoms with Gasteiger partial charge in [-0.05, 0) is 12.8 Å². The molecule has 1 N–H and O–H groups in total. The first kappa shape index (κ1) is 18.9. The molecule has 1 rings (SSSR count). The third-order valence-corrected chi connectivity index (χ3v) is 6.29. The normalized spacial score (nSPS) is 20.9. The van der Waals surface area contributed by atoms with Gasteiger partial charge < -0.3 is 5.32 Å². The summed E-state index contributed by atoms with van der Waals surface area (Å²) in [6, 6.07) is 0.502. The van der Waals surface area contributed by atoms with E-state index in [9.17, 15) is 8.42 Å². The molecule has 0 unspecified atom stereocenters. The predicted octanol–water partition coefficient (Wildman–Crippen LogP) is 3.14. The monoisotopic (exact) mass is 318 g/mol. The minimum absolute atomic E-state index is 0.205. The summed E-state index contributed by atoms with van der Waals surface area (Å²) in [5.41, 5.74) is 0. The van der Waals surface area contributed by atoms with E-state index in [0.717, 1.165) is 0 Å². The van der Waals surface area contributed by atoms with Crippen LogP contribution in [0.1, 0.15) is 70.6 Å². The largest absolute Gasteiger partial charge is 0.313 e. The zero-order valence-corrected chi connectivity index (χ0v) is 14.8. The van der Waals surface area contributed by atoms with Crippen LogP contribution in [0.25, 0.3) is 0 Å². The zero-order valence-electron chi connectivity index (χ0n) is 13.9. The molecule has 0 bridgehead atoms. The van der Waals surface area contributed by atoms with Crippen LogP contribution in [-0.4, -0.2) is 45.2 Å². The van der Waals surface area contributed by atoms with Crippen molar-refractivity contribution in [2.75, 3.05) is 26.4 Å². The number of nitrogens with zero attached hydrogens (tertiary/aromatic N) is 1. The standard InChI is InChI=1S/C16H34N2O2S/c1-18(2)21(19,20)15-14-17-16-12-10-8-6-4-3-5-7-9-11-13-16/h16-17H,3-15H2,1-2H3. The van der Waals surface area contributed by atoms with Gasteiger partial charge >= 0.3 is 0 Å². The van der Waals surface area contributed by atoms with Crippen LogP contribution >= 0.6 is 0 Å². The topological polar surface area (TPSA) is 49.4 Å². The number of hydrogen-bond acceptors (Lipinski definition) is 3. The lowest BCUT2D eigenvalue weighted by molar-refractivity contribution is 0.409. The molecule has 0 aromatic carbocycles. The summed E-state index contributed by atoms with van der Waals surface area (Å²) >= 11 is 0. The van der Waals surface area contributed by atoms with Crippen LogP contribution in [0.3, 0.4) is 0 Å². The Morgan fingerprint density at radius 1 is 0.857 bits per heavy atom. The lowest BCUT2D eigenvalue weighted by Gasteiger charge is -2.20. The second-order valence-electron chi connectivity index (χ2n) is 6.51. The predicted molar refractivity (Wildman–Crippen MR) is 90.1 cm³/mol. The van der Waals surface area contributed by atoms with Crippen LogP contribution < -0.4 is 5.32 Å². The van der Waals surface area contributed by atoms with Gasteiger partial charge in [0.1, 0.15) is 0 Å². The van der Waals surface area contributed by atoms with Gasteiger partial charge in [0.15, 0.2) is 0 Å². The summed E-state index contributed by atoms with van der Waals surface area (Å²) < 4.78 is 24.8. The molecule has 4 nitrogen and oxygen atoms in total. The summed E-state index contributed by atoms with van der Waals surface area (Å²) in [6.45, 7) is 0.575. The second-order valence-corrected chi connectivity index (χ2v) is 8.81. The first-order chi connectivity index (χ1) is 10.0.